The molecule has 0 aliphatic carbocycles. The van der Waals surface area contributed by atoms with Gasteiger partial charge in [-0.3, -0.25) is 36.8 Å². The lowest BCUT2D eigenvalue weighted by molar-refractivity contribution is -0.162. The maximum absolute atomic E-state index is 13.1. The topological polar surface area (TPSA) is 427 Å². The number of carboxylic acids is 2. The third-order valence-corrected chi connectivity index (χ3v) is 11.5. The van der Waals surface area contributed by atoms with Gasteiger partial charge in [-0.05, 0) is 76.2 Å². The minimum absolute atomic E-state index is 0.0929. The first-order valence-corrected chi connectivity index (χ1v) is 26.2. The van der Waals surface area contributed by atoms with E-state index in [-0.39, 0.29) is 24.8 Å². The lowest BCUT2D eigenvalue weighted by atomic mass is 9.98. The van der Waals surface area contributed by atoms with Crippen molar-refractivity contribution in [2.45, 2.75) is 108 Å². The number of fused-ring (bicyclic) bond motifs is 2. The number of nitrogens with two attached hydrogens (primary N) is 2. The van der Waals surface area contributed by atoms with Crippen molar-refractivity contribution in [3.63, 3.8) is 0 Å². The summed E-state index contributed by atoms with van der Waals surface area (Å²) in [5.74, 6) is -3.12. The van der Waals surface area contributed by atoms with Gasteiger partial charge in [-0.25, -0.2) is 49.1 Å². The lowest BCUT2D eigenvalue weighted by Gasteiger charge is -2.22. The van der Waals surface area contributed by atoms with E-state index in [0.29, 0.717) is 41.0 Å². The quantitative estimate of drug-likeness (QED) is 0.0152. The fourth-order valence-corrected chi connectivity index (χ4v) is 6.95. The fourth-order valence-electron chi connectivity index (χ4n) is 4.86. The zero-order valence-corrected chi connectivity index (χ0v) is 46.0. The second kappa shape index (κ2) is 31.3. The van der Waals surface area contributed by atoms with Gasteiger partial charge < -0.3 is 68.7 Å². The number of imidazole rings is 2. The van der Waals surface area contributed by atoms with Crippen LogP contribution in [0, 0.1) is 10.8 Å². The summed E-state index contributed by atoms with van der Waals surface area (Å²) in [6.07, 6.45) is 2.36. The molecule has 4 rings (SSSR count). The molecular weight excluding hydrogens is 1070 g/mol. The molecule has 0 spiro atoms. The molecule has 0 bridgehead atoms. The molecule has 4 heterocycles. The summed E-state index contributed by atoms with van der Waals surface area (Å²) in [6, 6.07) is 0. The van der Waals surface area contributed by atoms with E-state index in [2.05, 4.69) is 29.9 Å². The van der Waals surface area contributed by atoms with Gasteiger partial charge in [0.05, 0.1) is 54.9 Å². The summed E-state index contributed by atoms with van der Waals surface area (Å²) in [4.78, 5) is 90.4. The Morgan fingerprint density at radius 3 is 1.39 bits per heavy atom. The van der Waals surface area contributed by atoms with Crippen molar-refractivity contribution in [2.24, 2.45) is 10.8 Å². The number of hydrogen-bond donors (Lipinski definition) is 4. The van der Waals surface area contributed by atoms with Crippen LogP contribution in [-0.4, -0.2) is 150 Å². The second-order valence-corrected chi connectivity index (χ2v) is 22.0. The summed E-state index contributed by atoms with van der Waals surface area (Å²) in [5.41, 5.74) is 11.9. The number of aliphatic carboxylic acids is 2. The van der Waals surface area contributed by atoms with Crippen molar-refractivity contribution in [1.29, 1.82) is 0 Å². The first-order valence-electron chi connectivity index (χ1n) is 22.8. The monoisotopic (exact) mass is 1140 g/mol. The maximum atomic E-state index is 13.1. The smallest absolute Gasteiger partial charge is 0.478 e. The number of esters is 2. The van der Waals surface area contributed by atoms with Gasteiger partial charge in [-0.15, -0.1) is 0 Å². The van der Waals surface area contributed by atoms with Crippen LogP contribution in [-0.2, 0) is 97.4 Å². The van der Waals surface area contributed by atoms with Crippen molar-refractivity contribution in [2.75, 3.05) is 57.9 Å². The molecule has 0 aliphatic heterocycles. The number of nitrogens with zero attached hydrogens (tertiary/aromatic N) is 8. The number of ether oxygens (including phenoxy) is 8. The van der Waals surface area contributed by atoms with E-state index < -0.39 is 120 Å². The maximum Gasteiger partial charge on any atom is 0.510 e. The number of carbonyl (C=O) groups is 6. The normalized spacial score (nSPS) is 12.3. The van der Waals surface area contributed by atoms with Crippen LogP contribution in [0.15, 0.2) is 37.5 Å². The molecule has 0 saturated carbocycles. The number of anilines is 2. The molecular formula is C43H66N10O22P2. The van der Waals surface area contributed by atoms with Crippen LogP contribution < -0.4 is 11.5 Å². The summed E-state index contributed by atoms with van der Waals surface area (Å²) < 4.78 is 90.3. The molecule has 0 fully saturated rings. The van der Waals surface area contributed by atoms with E-state index in [9.17, 15) is 37.9 Å². The Labute approximate surface area is 441 Å². The SMILES string of the molecule is CC(C)(C)C(=O)OCOP(=O)(COCCn1cnc2c(N)ncnc21)OCOC(=O)C(C)(C)C.CC(C)OC(=O)OCOP(=O)(CO[C@H](C)Cn1cnc2c(N)ncnc21)OCOC(=O)OC(C)C.O=C(O)/C=C/C(=O)O. The Balaban J connectivity index is 0.000000461. The van der Waals surface area contributed by atoms with Crippen LogP contribution in [0.1, 0.15) is 76.2 Å². The molecule has 430 valence electrons. The van der Waals surface area contributed by atoms with Crippen molar-refractivity contribution < 1.29 is 104 Å². The predicted octanol–water partition coefficient (Wildman–Crippen LogP) is 5.45. The first-order chi connectivity index (χ1) is 35.8. The van der Waals surface area contributed by atoms with Gasteiger partial charge in [-0.2, -0.15) is 0 Å². The molecule has 0 amide bonds. The van der Waals surface area contributed by atoms with E-state index in [1.807, 2.05) is 0 Å². The lowest BCUT2D eigenvalue weighted by Crippen LogP contribution is -2.25. The van der Waals surface area contributed by atoms with Gasteiger partial charge in [0.15, 0.2) is 22.9 Å². The average Bonchev–Trinajstić information content (AvgIpc) is 3.93. The number of nitrogen functional groups attached to an aromatic ring is 2. The molecule has 6 N–H and O–H groups in total. The van der Waals surface area contributed by atoms with Crippen molar-refractivity contribution in [3.8, 4) is 0 Å². The molecule has 1 atom stereocenters. The number of aromatic nitrogens is 8. The molecule has 0 radical (unpaired) electrons. The Kier molecular flexibility index (Phi) is 26.9. The largest absolute Gasteiger partial charge is 0.510 e. The van der Waals surface area contributed by atoms with Gasteiger partial charge in [0, 0.05) is 18.7 Å². The minimum Gasteiger partial charge on any atom is -0.478 e. The predicted molar refractivity (Wildman–Crippen MR) is 266 cm³/mol. The Morgan fingerprint density at radius 1 is 0.597 bits per heavy atom. The summed E-state index contributed by atoms with van der Waals surface area (Å²) in [6.45, 7) is 16.1. The molecule has 77 heavy (non-hydrogen) atoms. The Bertz CT molecular complexity index is 2620. The van der Waals surface area contributed by atoms with E-state index in [1.165, 1.54) is 25.3 Å². The third-order valence-electron chi connectivity index (χ3n) is 8.54. The molecule has 4 aromatic rings. The van der Waals surface area contributed by atoms with E-state index in [1.54, 1.807) is 85.3 Å². The molecule has 34 heteroatoms. The second-order valence-electron chi connectivity index (χ2n) is 18.0. The number of rotatable bonds is 26. The Hall–Kier alpha value is -6.92. The molecule has 4 aromatic heterocycles. The van der Waals surface area contributed by atoms with Crippen molar-refractivity contribution in [3.05, 3.63) is 37.5 Å². The van der Waals surface area contributed by atoms with Gasteiger partial charge in [0.2, 0.25) is 27.2 Å². The fraction of sp³-hybridized carbons (Fsp3) is 0.581. The Morgan fingerprint density at radius 2 is 0.987 bits per heavy atom. The van der Waals surface area contributed by atoms with Crippen molar-refractivity contribution >= 4 is 85.3 Å². The molecule has 32 nitrogen and oxygen atoms in total. The number of carboxylic acid groups (broad SMARTS) is 2. The van der Waals surface area contributed by atoms with Gasteiger partial charge >= 0.3 is 51.4 Å². The van der Waals surface area contributed by atoms with Crippen LogP contribution >= 0.6 is 15.2 Å². The molecule has 0 aliphatic rings. The molecule has 0 saturated heterocycles. The van der Waals surface area contributed by atoms with Crippen LogP contribution in [0.25, 0.3) is 22.3 Å². The standard InChI is InChI=1S/C20H32N5O8P.C19H30N5O10P.C4H4O4/c1-19(2,3)17(26)30-11-32-34(28,33-12-31-18(27)20(4,5)6)13-29-8-7-25-10-24-14-15(21)22-9-23-16(14)25;1-12(2)33-18(25)28-9-31-35(27,32-10-29-19(26)34-13(3)4)11-30-14(5)6-24-8-23-15-16(20)21-7-22-17(15)24;5-3(6)1-2-4(7)8/h9-10H,7-8,11-13H2,1-6H3,(H2,21,22,23);7-8,12-14H,6,9-11H2,1-5H3,(H2,20,21,22);1-2H,(H,5,6)(H,7,8)/b;;2-1+/t;14-;/m.1./s1. The average molecular weight is 1140 g/mol. The van der Waals surface area contributed by atoms with Crippen LogP contribution in [0.2, 0.25) is 0 Å². The highest BCUT2D eigenvalue weighted by Crippen LogP contribution is 2.49. The molecule has 0 unspecified atom stereocenters. The van der Waals surface area contributed by atoms with E-state index >= 15 is 0 Å². The van der Waals surface area contributed by atoms with Crippen LogP contribution in [0.3, 0.4) is 0 Å². The first kappa shape index (κ1) is 66.2. The number of hydrogen-bond acceptors (Lipinski definition) is 28. The van der Waals surface area contributed by atoms with Gasteiger partial charge in [-0.1, -0.05) is 0 Å². The summed E-state index contributed by atoms with van der Waals surface area (Å²) in [7, 11) is -8.00. The zero-order valence-electron chi connectivity index (χ0n) is 44.2. The highest BCUT2D eigenvalue weighted by atomic mass is 31.2. The highest BCUT2D eigenvalue weighted by molar-refractivity contribution is 7.53. The summed E-state index contributed by atoms with van der Waals surface area (Å²) >= 11 is 0. The van der Waals surface area contributed by atoms with E-state index in [4.69, 9.17) is 77.7 Å². The van der Waals surface area contributed by atoms with E-state index in [0.717, 1.165) is 0 Å². The molecule has 0 aromatic carbocycles. The van der Waals surface area contributed by atoms with Crippen molar-refractivity contribution in [1.82, 2.24) is 39.0 Å². The third kappa shape index (κ3) is 25.7. The van der Waals surface area contributed by atoms with Gasteiger partial charge in [0.1, 0.15) is 36.4 Å². The van der Waals surface area contributed by atoms with Crippen LogP contribution in [0.5, 0.6) is 0 Å². The summed E-state index contributed by atoms with van der Waals surface area (Å²) in [5, 5.41) is 15.6. The number of carbonyl (C=O) groups excluding carboxylic acids is 4. The minimum atomic E-state index is -4.06. The van der Waals surface area contributed by atoms with Gasteiger partial charge in [0.25, 0.3) is 0 Å². The highest BCUT2D eigenvalue weighted by Gasteiger charge is 2.32. The van der Waals surface area contributed by atoms with Crippen LogP contribution in [0.4, 0.5) is 21.2 Å². The zero-order chi connectivity index (χ0) is 58.1.